The third-order valence-corrected chi connectivity index (χ3v) is 10.5. The molecule has 0 aliphatic carbocycles. The van der Waals surface area contributed by atoms with Crippen molar-refractivity contribution in [1.29, 1.82) is 5.26 Å². The number of hydrogen-bond acceptors (Lipinski definition) is 8. The Kier molecular flexibility index (Phi) is 24.0. The number of nitrogens with one attached hydrogen (secondary N) is 4. The predicted molar refractivity (Wildman–Crippen MR) is 227 cm³/mol. The van der Waals surface area contributed by atoms with E-state index in [1.54, 1.807) is 54.6 Å². The van der Waals surface area contributed by atoms with Gasteiger partial charge in [0.05, 0.1) is 18.1 Å². The standard InChI is InChI=1S/C45H65N7O8/c1-3-31(2)41(44(58)50-35(42(48)56)27-33-23-25-34(30-46)26-24-33)52-40(55)22-18-13-11-9-7-5-4-6-8-10-12-17-21-39(54)49-36(29-38(47)53)43(57)51-37(45(59)60)28-32-19-15-14-16-20-32/h14-16,19-20,23-26,31,35-37,41H,3-13,17-18,21-22,27-29H2,1-2H3,(H2,47,53)(H2,48,56)(H,49,54)(H,50,58)(H,51,57)(H,52,55)(H,59,60)/t31?,35-,36-,37-,41-/m0/s1. The van der Waals surface area contributed by atoms with Gasteiger partial charge in [0.1, 0.15) is 24.2 Å². The summed E-state index contributed by atoms with van der Waals surface area (Å²) in [6.07, 6.45) is 12.4. The lowest BCUT2D eigenvalue weighted by atomic mass is 9.96. The summed E-state index contributed by atoms with van der Waals surface area (Å²) in [6, 6.07) is 13.3. The molecule has 0 radical (unpaired) electrons. The number of aliphatic carboxylic acids is 1. The van der Waals surface area contributed by atoms with E-state index in [1.807, 2.05) is 19.9 Å². The first kappa shape index (κ1) is 50.4. The Morgan fingerprint density at radius 1 is 0.617 bits per heavy atom. The highest BCUT2D eigenvalue weighted by atomic mass is 16.4. The zero-order valence-corrected chi connectivity index (χ0v) is 35.2. The zero-order chi connectivity index (χ0) is 44.3. The Hall–Kier alpha value is -5.78. The fourth-order valence-corrected chi connectivity index (χ4v) is 6.72. The Balaban J connectivity index is 1.58. The number of carboxylic acid groups (broad SMARTS) is 1. The molecule has 0 bridgehead atoms. The number of primary amides is 2. The Morgan fingerprint density at radius 3 is 1.55 bits per heavy atom. The van der Waals surface area contributed by atoms with Crippen molar-refractivity contribution < 1.29 is 38.7 Å². The molecule has 328 valence electrons. The van der Waals surface area contributed by atoms with E-state index in [-0.39, 0.29) is 31.1 Å². The highest BCUT2D eigenvalue weighted by Crippen LogP contribution is 2.15. The molecule has 60 heavy (non-hydrogen) atoms. The third-order valence-electron chi connectivity index (χ3n) is 10.5. The quantitative estimate of drug-likeness (QED) is 0.0535. The van der Waals surface area contributed by atoms with Crippen LogP contribution >= 0.6 is 0 Å². The van der Waals surface area contributed by atoms with Gasteiger partial charge >= 0.3 is 5.97 Å². The monoisotopic (exact) mass is 831 g/mol. The van der Waals surface area contributed by atoms with Crippen LogP contribution in [0.2, 0.25) is 0 Å². The summed E-state index contributed by atoms with van der Waals surface area (Å²) in [5.41, 5.74) is 12.8. The average Bonchev–Trinajstić information content (AvgIpc) is 3.22. The number of unbranched alkanes of at least 4 members (excludes halogenated alkanes) is 11. The molecular formula is C45H65N7O8. The van der Waals surface area contributed by atoms with E-state index in [1.165, 1.54) is 0 Å². The van der Waals surface area contributed by atoms with E-state index in [2.05, 4.69) is 21.3 Å². The van der Waals surface area contributed by atoms with E-state index in [9.17, 15) is 38.7 Å². The predicted octanol–water partition coefficient (Wildman–Crippen LogP) is 4.24. The smallest absolute Gasteiger partial charge is 0.326 e. The van der Waals surface area contributed by atoms with E-state index >= 15 is 0 Å². The topological polar surface area (TPSA) is 264 Å². The summed E-state index contributed by atoms with van der Waals surface area (Å²) in [5, 5.41) is 29.2. The van der Waals surface area contributed by atoms with Crippen LogP contribution in [0.15, 0.2) is 54.6 Å². The molecule has 6 amide bonds. The van der Waals surface area contributed by atoms with Gasteiger partial charge in [-0.05, 0) is 42.0 Å². The molecule has 15 heteroatoms. The second kappa shape index (κ2) is 28.6. The van der Waals surface area contributed by atoms with Crippen LogP contribution in [0, 0.1) is 17.2 Å². The first-order valence-electron chi connectivity index (χ1n) is 21.3. The van der Waals surface area contributed by atoms with Crippen molar-refractivity contribution in [3.05, 3.63) is 71.3 Å². The number of amides is 6. The number of nitrogens with zero attached hydrogens (tertiary/aromatic N) is 1. The number of nitrogens with two attached hydrogens (primary N) is 2. The van der Waals surface area contributed by atoms with Crippen molar-refractivity contribution in [2.24, 2.45) is 17.4 Å². The molecule has 2 rings (SSSR count). The maximum atomic E-state index is 13.2. The van der Waals surface area contributed by atoms with Crippen LogP contribution in [-0.4, -0.2) is 70.7 Å². The molecule has 2 aromatic carbocycles. The molecule has 1 unspecified atom stereocenters. The molecule has 5 atom stereocenters. The van der Waals surface area contributed by atoms with Crippen molar-refractivity contribution in [3.63, 3.8) is 0 Å². The minimum atomic E-state index is -1.27. The molecule has 2 aromatic rings. The minimum absolute atomic E-state index is 0.0423. The van der Waals surface area contributed by atoms with Crippen LogP contribution in [0.4, 0.5) is 0 Å². The number of nitriles is 1. The maximum Gasteiger partial charge on any atom is 0.326 e. The van der Waals surface area contributed by atoms with Gasteiger partial charge in [-0.25, -0.2) is 4.79 Å². The summed E-state index contributed by atoms with van der Waals surface area (Å²) in [7, 11) is 0. The van der Waals surface area contributed by atoms with Gasteiger partial charge in [0.2, 0.25) is 35.4 Å². The fourth-order valence-electron chi connectivity index (χ4n) is 6.72. The van der Waals surface area contributed by atoms with E-state index in [0.717, 1.165) is 69.8 Å². The third kappa shape index (κ3) is 20.8. The highest BCUT2D eigenvalue weighted by molar-refractivity contribution is 5.94. The number of carbonyl (C=O) groups is 7. The molecule has 0 spiro atoms. The molecule has 0 aliphatic heterocycles. The molecule has 0 saturated heterocycles. The highest BCUT2D eigenvalue weighted by Gasteiger charge is 2.30. The summed E-state index contributed by atoms with van der Waals surface area (Å²) in [4.78, 5) is 87.0. The van der Waals surface area contributed by atoms with Crippen molar-refractivity contribution in [3.8, 4) is 6.07 Å². The van der Waals surface area contributed by atoms with Crippen molar-refractivity contribution in [2.45, 2.75) is 154 Å². The van der Waals surface area contributed by atoms with Crippen LogP contribution < -0.4 is 32.7 Å². The maximum absolute atomic E-state index is 13.2. The number of rotatable bonds is 31. The molecule has 0 fully saturated rings. The minimum Gasteiger partial charge on any atom is -0.480 e. The second-order valence-corrected chi connectivity index (χ2v) is 15.5. The van der Waals surface area contributed by atoms with Gasteiger partial charge in [-0.1, -0.05) is 127 Å². The molecule has 0 saturated carbocycles. The number of carbonyl (C=O) groups excluding carboxylic acids is 6. The number of benzene rings is 2. The summed E-state index contributed by atoms with van der Waals surface area (Å²) in [6.45, 7) is 3.80. The lowest BCUT2D eigenvalue weighted by Gasteiger charge is -2.26. The molecule has 15 nitrogen and oxygen atoms in total. The van der Waals surface area contributed by atoms with Gasteiger partial charge in [0, 0.05) is 25.7 Å². The van der Waals surface area contributed by atoms with Crippen LogP contribution in [-0.2, 0) is 46.4 Å². The van der Waals surface area contributed by atoms with Gasteiger partial charge in [-0.2, -0.15) is 5.26 Å². The average molecular weight is 832 g/mol. The van der Waals surface area contributed by atoms with Crippen molar-refractivity contribution in [1.82, 2.24) is 21.3 Å². The molecule has 0 aliphatic rings. The van der Waals surface area contributed by atoms with E-state index in [4.69, 9.17) is 16.7 Å². The number of hydrogen-bond donors (Lipinski definition) is 7. The second-order valence-electron chi connectivity index (χ2n) is 15.5. The molecule has 0 aromatic heterocycles. The van der Waals surface area contributed by atoms with Crippen LogP contribution in [0.3, 0.4) is 0 Å². The van der Waals surface area contributed by atoms with Crippen LogP contribution in [0.25, 0.3) is 0 Å². The lowest BCUT2D eigenvalue weighted by molar-refractivity contribution is -0.142. The SMILES string of the molecule is CCC(C)[C@H](NC(=O)CCCCCCCCCCCCCCC(=O)N[C@@H](CC(N)=O)C(=O)N[C@@H](Cc1ccccc1)C(=O)O)C(=O)N[C@@H](Cc1ccc(C#N)cc1)C(N)=O. The number of carboxylic acids is 1. The summed E-state index contributed by atoms with van der Waals surface area (Å²) in [5.74, 6) is -4.72. The first-order chi connectivity index (χ1) is 28.7. The van der Waals surface area contributed by atoms with E-state index < -0.39 is 66.1 Å². The van der Waals surface area contributed by atoms with Gasteiger partial charge in [0.15, 0.2) is 0 Å². The Morgan fingerprint density at radius 2 is 1.08 bits per heavy atom. The Labute approximate surface area is 354 Å². The molecule has 0 heterocycles. The zero-order valence-electron chi connectivity index (χ0n) is 35.2. The van der Waals surface area contributed by atoms with Crippen LogP contribution in [0.1, 0.15) is 133 Å². The van der Waals surface area contributed by atoms with Crippen molar-refractivity contribution in [2.75, 3.05) is 0 Å². The fraction of sp³-hybridized carbons (Fsp3) is 0.556. The van der Waals surface area contributed by atoms with E-state index in [0.29, 0.717) is 36.8 Å². The molecular weight excluding hydrogens is 767 g/mol. The van der Waals surface area contributed by atoms with Gasteiger partial charge < -0.3 is 37.8 Å². The van der Waals surface area contributed by atoms with Gasteiger partial charge in [-0.15, -0.1) is 0 Å². The normalized spacial score (nSPS) is 13.3. The van der Waals surface area contributed by atoms with Crippen LogP contribution in [0.5, 0.6) is 0 Å². The van der Waals surface area contributed by atoms with Gasteiger partial charge in [0.25, 0.3) is 0 Å². The first-order valence-corrected chi connectivity index (χ1v) is 21.3. The molecule has 9 N–H and O–H groups in total. The van der Waals surface area contributed by atoms with Gasteiger partial charge in [-0.3, -0.25) is 28.8 Å². The van der Waals surface area contributed by atoms with Crippen molar-refractivity contribution >= 4 is 41.4 Å². The lowest BCUT2D eigenvalue weighted by Crippen LogP contribution is -2.55. The largest absolute Gasteiger partial charge is 0.480 e. The summed E-state index contributed by atoms with van der Waals surface area (Å²) >= 11 is 0. The summed E-state index contributed by atoms with van der Waals surface area (Å²) < 4.78 is 0. The Bertz CT molecular complexity index is 1710.